The molecule has 1 amide bonds. The molecule has 98 valence electrons. The summed E-state index contributed by atoms with van der Waals surface area (Å²) in [5, 5.41) is 2.84. The summed E-state index contributed by atoms with van der Waals surface area (Å²) in [4.78, 5) is 21.8. The summed E-state index contributed by atoms with van der Waals surface area (Å²) < 4.78 is 0. The third-order valence-electron chi connectivity index (χ3n) is 3.06. The average molecular weight is 269 g/mol. The Morgan fingerprint density at radius 3 is 3.00 bits per heavy atom. The van der Waals surface area contributed by atoms with E-state index in [4.69, 9.17) is 11.6 Å². The van der Waals surface area contributed by atoms with Gasteiger partial charge in [0.1, 0.15) is 5.88 Å². The first-order chi connectivity index (χ1) is 8.79. The lowest BCUT2D eigenvalue weighted by Gasteiger charge is -2.32. The number of halogens is 1. The van der Waals surface area contributed by atoms with Gasteiger partial charge in [0.15, 0.2) is 0 Å². The monoisotopic (exact) mass is 268 g/mol. The van der Waals surface area contributed by atoms with E-state index in [1.807, 2.05) is 6.07 Å². The van der Waals surface area contributed by atoms with Crippen molar-refractivity contribution in [1.29, 1.82) is 0 Å². The van der Waals surface area contributed by atoms with Crippen LogP contribution < -0.4 is 10.2 Å². The van der Waals surface area contributed by atoms with E-state index in [-0.39, 0.29) is 11.8 Å². The molecule has 6 heteroatoms. The molecule has 5 nitrogen and oxygen atoms in total. The van der Waals surface area contributed by atoms with Crippen LogP contribution in [0.2, 0.25) is 0 Å². The molecule has 0 saturated carbocycles. The van der Waals surface area contributed by atoms with Crippen LogP contribution in [0, 0.1) is 5.92 Å². The van der Waals surface area contributed by atoms with E-state index < -0.39 is 0 Å². The predicted molar refractivity (Wildman–Crippen MR) is 70.7 cm³/mol. The van der Waals surface area contributed by atoms with Gasteiger partial charge < -0.3 is 10.2 Å². The number of hydrogen-bond donors (Lipinski definition) is 1. The zero-order valence-corrected chi connectivity index (χ0v) is 10.9. The Kier molecular flexibility index (Phi) is 4.75. The number of anilines is 1. The van der Waals surface area contributed by atoms with E-state index >= 15 is 0 Å². The fraction of sp³-hybridized carbons (Fsp3) is 0.583. The van der Waals surface area contributed by atoms with E-state index in [0.29, 0.717) is 12.5 Å². The van der Waals surface area contributed by atoms with E-state index in [9.17, 15) is 4.79 Å². The van der Waals surface area contributed by atoms with Crippen LogP contribution in [-0.2, 0) is 4.79 Å². The maximum atomic E-state index is 11.1. The van der Waals surface area contributed by atoms with Crippen LogP contribution in [-0.4, -0.2) is 41.4 Å². The summed E-state index contributed by atoms with van der Waals surface area (Å²) in [5.41, 5.74) is 0. The van der Waals surface area contributed by atoms with Gasteiger partial charge in [0.25, 0.3) is 0 Å². The molecule has 1 unspecified atom stereocenters. The molecule has 0 spiro atoms. The predicted octanol–water partition coefficient (Wildman–Crippen LogP) is 1.05. The molecule has 18 heavy (non-hydrogen) atoms. The zero-order valence-electron chi connectivity index (χ0n) is 10.2. The molecule has 1 aromatic rings. The van der Waals surface area contributed by atoms with Crippen LogP contribution in [0.5, 0.6) is 0 Å². The highest BCUT2D eigenvalue weighted by molar-refractivity contribution is 6.27. The lowest BCUT2D eigenvalue weighted by molar-refractivity contribution is -0.118. The van der Waals surface area contributed by atoms with Crippen molar-refractivity contribution in [2.75, 3.05) is 30.4 Å². The Balaban J connectivity index is 1.87. The molecule has 1 aliphatic heterocycles. The highest BCUT2D eigenvalue weighted by Gasteiger charge is 2.21. The van der Waals surface area contributed by atoms with Crippen molar-refractivity contribution in [3.8, 4) is 0 Å². The van der Waals surface area contributed by atoms with Crippen molar-refractivity contribution in [2.24, 2.45) is 5.92 Å². The molecule has 1 aliphatic rings. The zero-order chi connectivity index (χ0) is 12.8. The van der Waals surface area contributed by atoms with Crippen LogP contribution in [0.15, 0.2) is 18.5 Å². The van der Waals surface area contributed by atoms with Gasteiger partial charge in [0.2, 0.25) is 11.9 Å². The number of nitrogens with one attached hydrogen (secondary N) is 1. The third-order valence-corrected chi connectivity index (χ3v) is 3.31. The van der Waals surface area contributed by atoms with Crippen LogP contribution in [0.25, 0.3) is 0 Å². The first kappa shape index (κ1) is 13.1. The molecular weight excluding hydrogens is 252 g/mol. The van der Waals surface area contributed by atoms with E-state index in [1.165, 1.54) is 0 Å². The number of piperidine rings is 1. The topological polar surface area (TPSA) is 58.1 Å². The molecular formula is C12H17ClN4O. The largest absolute Gasteiger partial charge is 0.355 e. The Morgan fingerprint density at radius 1 is 1.50 bits per heavy atom. The van der Waals surface area contributed by atoms with Gasteiger partial charge in [-0.05, 0) is 24.8 Å². The fourth-order valence-electron chi connectivity index (χ4n) is 2.17. The number of hydrogen-bond acceptors (Lipinski definition) is 4. The number of amides is 1. The van der Waals surface area contributed by atoms with Crippen molar-refractivity contribution in [2.45, 2.75) is 12.8 Å². The first-order valence-corrected chi connectivity index (χ1v) is 6.67. The number of nitrogens with zero attached hydrogens (tertiary/aromatic N) is 3. The van der Waals surface area contributed by atoms with Gasteiger partial charge in [-0.1, -0.05) is 0 Å². The molecule has 0 aromatic carbocycles. The quantitative estimate of drug-likeness (QED) is 0.830. The molecule has 0 aliphatic carbocycles. The number of carbonyl (C=O) groups excluding carboxylic acids is 1. The van der Waals surface area contributed by atoms with Crippen LogP contribution in [0.4, 0.5) is 5.95 Å². The second-order valence-corrected chi connectivity index (χ2v) is 4.71. The van der Waals surface area contributed by atoms with Gasteiger partial charge >= 0.3 is 0 Å². The molecule has 1 N–H and O–H groups in total. The van der Waals surface area contributed by atoms with E-state index in [1.54, 1.807) is 12.4 Å². The minimum atomic E-state index is -0.107. The number of rotatable bonds is 4. The Morgan fingerprint density at radius 2 is 2.28 bits per heavy atom. The molecule has 1 atom stereocenters. The fourth-order valence-corrected chi connectivity index (χ4v) is 2.27. The second kappa shape index (κ2) is 6.54. The van der Waals surface area contributed by atoms with Crippen LogP contribution in [0.3, 0.4) is 0 Å². The van der Waals surface area contributed by atoms with Crippen LogP contribution >= 0.6 is 11.6 Å². The summed E-state index contributed by atoms with van der Waals surface area (Å²) in [6, 6.07) is 1.81. The maximum Gasteiger partial charge on any atom is 0.234 e. The summed E-state index contributed by atoms with van der Waals surface area (Å²) in [7, 11) is 0. The Bertz CT molecular complexity index is 387. The van der Waals surface area contributed by atoms with Crippen molar-refractivity contribution >= 4 is 23.5 Å². The lowest BCUT2D eigenvalue weighted by atomic mass is 9.98. The summed E-state index contributed by atoms with van der Waals surface area (Å²) >= 11 is 5.45. The normalized spacial score (nSPS) is 19.6. The maximum absolute atomic E-state index is 11.1. The molecule has 1 fully saturated rings. The van der Waals surface area contributed by atoms with E-state index in [2.05, 4.69) is 20.2 Å². The average Bonchev–Trinajstić information content (AvgIpc) is 2.46. The minimum Gasteiger partial charge on any atom is -0.355 e. The third kappa shape index (κ3) is 3.57. The van der Waals surface area contributed by atoms with Gasteiger partial charge in [-0.25, -0.2) is 9.97 Å². The Labute approximate surface area is 112 Å². The molecule has 2 heterocycles. The first-order valence-electron chi connectivity index (χ1n) is 6.14. The smallest absolute Gasteiger partial charge is 0.234 e. The number of aromatic nitrogens is 2. The van der Waals surface area contributed by atoms with Crippen molar-refractivity contribution < 1.29 is 4.79 Å². The standard InChI is InChI=1S/C12H17ClN4O/c13-7-11(18)16-8-10-3-1-6-17(9-10)12-14-4-2-5-15-12/h2,4-5,10H,1,3,6-9H2,(H,16,18). The van der Waals surface area contributed by atoms with Gasteiger partial charge in [-0.2, -0.15) is 0 Å². The summed E-state index contributed by atoms with van der Waals surface area (Å²) in [6.07, 6.45) is 5.72. The SMILES string of the molecule is O=C(CCl)NCC1CCCN(c2ncccn2)C1. The summed E-state index contributed by atoms with van der Waals surface area (Å²) in [6.45, 7) is 2.53. The highest BCUT2D eigenvalue weighted by atomic mass is 35.5. The molecule has 0 radical (unpaired) electrons. The van der Waals surface area contributed by atoms with Crippen molar-refractivity contribution in [3.05, 3.63) is 18.5 Å². The molecule has 1 saturated heterocycles. The lowest BCUT2D eigenvalue weighted by Crippen LogP contribution is -2.41. The van der Waals surface area contributed by atoms with Crippen molar-refractivity contribution in [1.82, 2.24) is 15.3 Å². The van der Waals surface area contributed by atoms with Gasteiger partial charge in [0, 0.05) is 32.0 Å². The molecule has 1 aromatic heterocycles. The van der Waals surface area contributed by atoms with Crippen molar-refractivity contribution in [3.63, 3.8) is 0 Å². The summed E-state index contributed by atoms with van der Waals surface area (Å²) in [5.74, 6) is 1.13. The van der Waals surface area contributed by atoms with Gasteiger partial charge in [-0.15, -0.1) is 11.6 Å². The second-order valence-electron chi connectivity index (χ2n) is 4.44. The minimum absolute atomic E-state index is 0.0260. The number of alkyl halides is 1. The van der Waals surface area contributed by atoms with Crippen LogP contribution in [0.1, 0.15) is 12.8 Å². The van der Waals surface area contributed by atoms with E-state index in [0.717, 1.165) is 31.9 Å². The molecule has 0 bridgehead atoms. The molecule has 2 rings (SSSR count). The van der Waals surface area contributed by atoms with Gasteiger partial charge in [-0.3, -0.25) is 4.79 Å². The highest BCUT2D eigenvalue weighted by Crippen LogP contribution is 2.19. The Hall–Kier alpha value is -1.36. The number of carbonyl (C=O) groups is 1. The van der Waals surface area contributed by atoms with Gasteiger partial charge in [0.05, 0.1) is 0 Å².